The number of carbonyl (C=O) groups is 1. The van der Waals surface area contributed by atoms with Crippen LogP contribution in [0.4, 0.5) is 0 Å². The average molecular weight is 446 g/mol. The number of para-hydroxylation sites is 1. The maximum atomic E-state index is 13.6. The van der Waals surface area contributed by atoms with Crippen LogP contribution in [-0.4, -0.2) is 73.3 Å². The molecule has 33 heavy (non-hydrogen) atoms. The quantitative estimate of drug-likeness (QED) is 0.603. The molecule has 0 spiro atoms. The third kappa shape index (κ3) is 5.24. The number of pyridine rings is 1. The first-order valence-electron chi connectivity index (χ1n) is 11.9. The van der Waals surface area contributed by atoms with E-state index in [1.165, 1.54) is 5.56 Å². The van der Waals surface area contributed by atoms with Gasteiger partial charge in [-0.1, -0.05) is 42.5 Å². The molecule has 5 rings (SSSR count). The molecule has 1 unspecified atom stereocenters. The summed E-state index contributed by atoms with van der Waals surface area (Å²) in [6.45, 7) is 6.63. The predicted octanol–water partition coefficient (Wildman–Crippen LogP) is 3.40. The van der Waals surface area contributed by atoms with E-state index in [1.54, 1.807) is 0 Å². The number of rotatable bonds is 5. The SMILES string of the molecule is O=C(c1ccccc1CN1CCOCC1)N1CCOCC(Cc2cccc3cccnc23)C1. The van der Waals surface area contributed by atoms with Crippen molar-refractivity contribution in [2.75, 3.05) is 52.6 Å². The smallest absolute Gasteiger partial charge is 0.254 e. The number of carbonyl (C=O) groups excluding carboxylic acids is 1. The second-order valence-corrected chi connectivity index (χ2v) is 8.93. The molecule has 2 aliphatic heterocycles. The second-order valence-electron chi connectivity index (χ2n) is 8.93. The van der Waals surface area contributed by atoms with E-state index < -0.39 is 0 Å². The number of hydrogen-bond donors (Lipinski definition) is 0. The van der Waals surface area contributed by atoms with Crippen molar-refractivity contribution in [1.29, 1.82) is 0 Å². The van der Waals surface area contributed by atoms with Gasteiger partial charge in [-0.15, -0.1) is 0 Å². The Morgan fingerprint density at radius 2 is 1.70 bits per heavy atom. The molecule has 0 radical (unpaired) electrons. The molecule has 3 aromatic rings. The first kappa shape index (κ1) is 22.0. The van der Waals surface area contributed by atoms with Crippen molar-refractivity contribution in [1.82, 2.24) is 14.8 Å². The zero-order chi connectivity index (χ0) is 22.5. The summed E-state index contributed by atoms with van der Waals surface area (Å²) in [4.78, 5) is 22.6. The maximum absolute atomic E-state index is 13.6. The first-order valence-corrected chi connectivity index (χ1v) is 11.9. The Morgan fingerprint density at radius 3 is 2.61 bits per heavy atom. The van der Waals surface area contributed by atoms with E-state index in [9.17, 15) is 4.79 Å². The van der Waals surface area contributed by atoms with Crippen molar-refractivity contribution in [3.8, 4) is 0 Å². The minimum absolute atomic E-state index is 0.102. The third-order valence-electron chi connectivity index (χ3n) is 6.60. The Bertz CT molecular complexity index is 1090. The minimum Gasteiger partial charge on any atom is -0.379 e. The van der Waals surface area contributed by atoms with E-state index >= 15 is 0 Å². The summed E-state index contributed by atoms with van der Waals surface area (Å²) >= 11 is 0. The summed E-state index contributed by atoms with van der Waals surface area (Å²) in [5.74, 6) is 0.334. The fourth-order valence-electron chi connectivity index (χ4n) is 4.87. The summed E-state index contributed by atoms with van der Waals surface area (Å²) < 4.78 is 11.4. The molecule has 0 aliphatic carbocycles. The molecule has 0 saturated carbocycles. The standard InChI is InChI=1S/C27H31N3O3/c31-27(25-9-2-1-5-24(25)19-29-11-14-32-15-12-29)30-13-16-33-20-21(18-30)17-23-7-3-6-22-8-4-10-28-26(22)23/h1-10,21H,11-20H2. The second kappa shape index (κ2) is 10.4. The monoisotopic (exact) mass is 445 g/mol. The summed E-state index contributed by atoms with van der Waals surface area (Å²) in [6.07, 6.45) is 2.68. The average Bonchev–Trinajstić information content (AvgIpc) is 3.10. The highest BCUT2D eigenvalue weighted by molar-refractivity contribution is 5.95. The van der Waals surface area contributed by atoms with E-state index in [0.717, 1.165) is 61.3 Å². The number of amides is 1. The summed E-state index contributed by atoms with van der Waals surface area (Å²) in [5.41, 5.74) is 4.14. The number of benzene rings is 2. The van der Waals surface area contributed by atoms with Gasteiger partial charge in [0.05, 0.1) is 31.9 Å². The number of aromatic nitrogens is 1. The van der Waals surface area contributed by atoms with Gasteiger partial charge in [-0.05, 0) is 29.7 Å². The van der Waals surface area contributed by atoms with Crippen molar-refractivity contribution in [2.24, 2.45) is 5.92 Å². The molecule has 2 saturated heterocycles. The van der Waals surface area contributed by atoms with Crippen LogP contribution in [0.5, 0.6) is 0 Å². The molecule has 0 bridgehead atoms. The predicted molar refractivity (Wildman–Crippen MR) is 128 cm³/mol. The molecule has 1 amide bonds. The fraction of sp³-hybridized carbons (Fsp3) is 0.407. The number of nitrogens with zero attached hydrogens (tertiary/aromatic N) is 3. The third-order valence-corrected chi connectivity index (χ3v) is 6.60. The molecule has 1 atom stereocenters. The van der Waals surface area contributed by atoms with E-state index in [4.69, 9.17) is 9.47 Å². The lowest BCUT2D eigenvalue weighted by Crippen LogP contribution is -2.38. The zero-order valence-electron chi connectivity index (χ0n) is 19.0. The molecule has 6 heteroatoms. The Balaban J connectivity index is 1.32. The zero-order valence-corrected chi connectivity index (χ0v) is 19.0. The highest BCUT2D eigenvalue weighted by atomic mass is 16.5. The highest BCUT2D eigenvalue weighted by Gasteiger charge is 2.26. The number of ether oxygens (including phenoxy) is 2. The van der Waals surface area contributed by atoms with Crippen LogP contribution in [0.3, 0.4) is 0 Å². The number of fused-ring (bicyclic) bond motifs is 1. The topological polar surface area (TPSA) is 54.9 Å². The van der Waals surface area contributed by atoms with Gasteiger partial charge in [-0.3, -0.25) is 14.7 Å². The lowest BCUT2D eigenvalue weighted by molar-refractivity contribution is 0.0339. The Kier molecular flexibility index (Phi) is 6.95. The molecular weight excluding hydrogens is 414 g/mol. The molecule has 172 valence electrons. The Hall–Kier alpha value is -2.80. The van der Waals surface area contributed by atoms with Crippen molar-refractivity contribution in [3.63, 3.8) is 0 Å². The minimum atomic E-state index is 0.102. The highest BCUT2D eigenvalue weighted by Crippen LogP contribution is 2.23. The van der Waals surface area contributed by atoms with Gasteiger partial charge in [0.15, 0.2) is 0 Å². The molecule has 6 nitrogen and oxygen atoms in total. The van der Waals surface area contributed by atoms with Crippen LogP contribution in [-0.2, 0) is 22.4 Å². The van der Waals surface area contributed by atoms with Crippen LogP contribution in [0.2, 0.25) is 0 Å². The normalized spacial score (nSPS) is 20.0. The van der Waals surface area contributed by atoms with Gasteiger partial charge < -0.3 is 14.4 Å². The molecule has 1 aromatic heterocycles. The van der Waals surface area contributed by atoms with Gasteiger partial charge in [0.25, 0.3) is 5.91 Å². The summed E-state index contributed by atoms with van der Waals surface area (Å²) in [7, 11) is 0. The summed E-state index contributed by atoms with van der Waals surface area (Å²) in [5, 5.41) is 1.15. The van der Waals surface area contributed by atoms with Crippen LogP contribution in [0.15, 0.2) is 60.8 Å². The van der Waals surface area contributed by atoms with Crippen molar-refractivity contribution < 1.29 is 14.3 Å². The maximum Gasteiger partial charge on any atom is 0.254 e. The molecule has 2 aromatic carbocycles. The van der Waals surface area contributed by atoms with E-state index in [0.29, 0.717) is 26.3 Å². The van der Waals surface area contributed by atoms with Gasteiger partial charge in [0.1, 0.15) is 0 Å². The molecular formula is C27H31N3O3. The van der Waals surface area contributed by atoms with E-state index in [2.05, 4.69) is 40.2 Å². The van der Waals surface area contributed by atoms with Gasteiger partial charge in [0.2, 0.25) is 0 Å². The van der Waals surface area contributed by atoms with Crippen molar-refractivity contribution in [3.05, 3.63) is 77.5 Å². The lowest BCUT2D eigenvalue weighted by atomic mass is 9.97. The van der Waals surface area contributed by atoms with Crippen LogP contribution in [0.25, 0.3) is 10.9 Å². The molecule has 2 fully saturated rings. The Morgan fingerprint density at radius 1 is 0.909 bits per heavy atom. The first-order chi connectivity index (χ1) is 16.3. The van der Waals surface area contributed by atoms with Gasteiger partial charge in [0, 0.05) is 55.8 Å². The molecule has 2 aliphatic rings. The number of hydrogen-bond acceptors (Lipinski definition) is 5. The van der Waals surface area contributed by atoms with E-state index in [-0.39, 0.29) is 11.8 Å². The van der Waals surface area contributed by atoms with Gasteiger partial charge >= 0.3 is 0 Å². The number of morpholine rings is 1. The van der Waals surface area contributed by atoms with Gasteiger partial charge in [-0.25, -0.2) is 0 Å². The van der Waals surface area contributed by atoms with Crippen LogP contribution >= 0.6 is 0 Å². The van der Waals surface area contributed by atoms with Crippen molar-refractivity contribution >= 4 is 16.8 Å². The largest absolute Gasteiger partial charge is 0.379 e. The fourth-order valence-corrected chi connectivity index (χ4v) is 4.87. The molecule has 0 N–H and O–H groups in total. The van der Waals surface area contributed by atoms with Crippen molar-refractivity contribution in [2.45, 2.75) is 13.0 Å². The van der Waals surface area contributed by atoms with Crippen LogP contribution < -0.4 is 0 Å². The Labute approximate surface area is 195 Å². The molecule has 3 heterocycles. The van der Waals surface area contributed by atoms with Crippen LogP contribution in [0.1, 0.15) is 21.5 Å². The van der Waals surface area contributed by atoms with Gasteiger partial charge in [-0.2, -0.15) is 0 Å². The van der Waals surface area contributed by atoms with Crippen LogP contribution in [0, 0.1) is 5.92 Å². The summed E-state index contributed by atoms with van der Waals surface area (Å²) in [6, 6.07) is 18.4. The lowest BCUT2D eigenvalue weighted by Gasteiger charge is -2.28. The van der Waals surface area contributed by atoms with E-state index in [1.807, 2.05) is 35.4 Å².